The monoisotopic (exact) mass is 331 g/mol. The van der Waals surface area contributed by atoms with Crippen LogP contribution in [0.4, 0.5) is 11.4 Å². The third kappa shape index (κ3) is 3.64. The van der Waals surface area contributed by atoms with Crippen LogP contribution in [0.1, 0.15) is 45.0 Å². The van der Waals surface area contributed by atoms with E-state index in [1.807, 2.05) is 0 Å². The van der Waals surface area contributed by atoms with Gasteiger partial charge < -0.3 is 10.2 Å². The molecule has 6 nitrogen and oxygen atoms in total. The molecule has 0 saturated carbocycles. The van der Waals surface area contributed by atoms with Crippen LogP contribution in [0.2, 0.25) is 0 Å². The van der Waals surface area contributed by atoms with E-state index in [4.69, 9.17) is 0 Å². The van der Waals surface area contributed by atoms with Gasteiger partial charge in [-0.15, -0.1) is 0 Å². The van der Waals surface area contributed by atoms with Gasteiger partial charge in [0.1, 0.15) is 0 Å². The Labute approximate surface area is 142 Å². The first-order valence-corrected chi connectivity index (χ1v) is 8.26. The molecule has 0 radical (unpaired) electrons. The molecule has 2 rings (SSSR count). The summed E-state index contributed by atoms with van der Waals surface area (Å²) >= 11 is 0. The summed E-state index contributed by atoms with van der Waals surface area (Å²) < 4.78 is 0. The van der Waals surface area contributed by atoms with Crippen molar-refractivity contribution in [1.82, 2.24) is 4.90 Å². The summed E-state index contributed by atoms with van der Waals surface area (Å²) in [5, 5.41) is 2.64. The van der Waals surface area contributed by atoms with E-state index < -0.39 is 11.7 Å². The number of rotatable bonds is 6. The number of carbonyl (C=O) groups excluding carboxylic acids is 3. The first-order chi connectivity index (χ1) is 11.2. The zero-order valence-electron chi connectivity index (χ0n) is 14.9. The Balaban J connectivity index is 2.21. The summed E-state index contributed by atoms with van der Waals surface area (Å²) in [7, 11) is 0. The Hall–Kier alpha value is -2.21. The molecule has 0 bridgehead atoms. The number of ketones is 1. The maximum atomic E-state index is 12.3. The van der Waals surface area contributed by atoms with Gasteiger partial charge in [-0.05, 0) is 45.9 Å². The van der Waals surface area contributed by atoms with Crippen LogP contribution in [0.15, 0.2) is 18.2 Å². The van der Waals surface area contributed by atoms with Crippen LogP contribution in [-0.2, 0) is 9.59 Å². The van der Waals surface area contributed by atoms with Crippen molar-refractivity contribution in [2.75, 3.05) is 23.3 Å². The zero-order valence-corrected chi connectivity index (χ0v) is 14.9. The molecule has 0 spiro atoms. The fraction of sp³-hybridized carbons (Fsp3) is 0.500. The van der Waals surface area contributed by atoms with Crippen molar-refractivity contribution in [2.45, 2.75) is 46.7 Å². The molecule has 0 unspecified atom stereocenters. The molecule has 1 aromatic carbocycles. The lowest BCUT2D eigenvalue weighted by Crippen LogP contribution is -2.43. The van der Waals surface area contributed by atoms with Crippen LogP contribution in [0, 0.1) is 0 Å². The van der Waals surface area contributed by atoms with Gasteiger partial charge in [-0.2, -0.15) is 0 Å². The molecule has 0 aromatic heterocycles. The molecular formula is C18H25N3O3. The normalized spacial score (nSPS) is 14.1. The van der Waals surface area contributed by atoms with Gasteiger partial charge in [0.2, 0.25) is 5.91 Å². The van der Waals surface area contributed by atoms with Gasteiger partial charge in [0.05, 0.1) is 11.3 Å². The molecule has 0 saturated heterocycles. The van der Waals surface area contributed by atoms with Gasteiger partial charge in [0.15, 0.2) is 0 Å². The maximum Gasteiger partial charge on any atom is 0.299 e. The molecule has 2 amide bonds. The second-order valence-corrected chi connectivity index (χ2v) is 6.62. The zero-order chi connectivity index (χ0) is 18.0. The van der Waals surface area contributed by atoms with E-state index in [9.17, 15) is 14.4 Å². The van der Waals surface area contributed by atoms with Crippen LogP contribution in [0.25, 0.3) is 0 Å². The minimum atomic E-state index is -0.516. The SMILES string of the molecule is CC(=O)Nc1ccc2c(c1)C(=O)C(=O)N2CCN(C(C)C)C(C)C. The lowest BCUT2D eigenvalue weighted by atomic mass is 10.1. The van der Waals surface area contributed by atoms with Gasteiger partial charge in [-0.3, -0.25) is 19.3 Å². The third-order valence-electron chi connectivity index (χ3n) is 4.20. The van der Waals surface area contributed by atoms with Crippen molar-refractivity contribution >= 4 is 29.0 Å². The molecule has 1 N–H and O–H groups in total. The van der Waals surface area contributed by atoms with E-state index in [1.165, 1.54) is 11.8 Å². The Morgan fingerprint density at radius 3 is 2.33 bits per heavy atom. The minimum Gasteiger partial charge on any atom is -0.326 e. The van der Waals surface area contributed by atoms with Gasteiger partial charge in [0, 0.05) is 37.8 Å². The molecule has 1 aliphatic rings. The maximum absolute atomic E-state index is 12.3. The highest BCUT2D eigenvalue weighted by atomic mass is 16.2. The molecule has 6 heteroatoms. The van der Waals surface area contributed by atoms with E-state index in [2.05, 4.69) is 37.9 Å². The predicted octanol–water partition coefficient (Wildman–Crippen LogP) is 2.29. The smallest absolute Gasteiger partial charge is 0.299 e. The largest absolute Gasteiger partial charge is 0.326 e. The summed E-state index contributed by atoms with van der Waals surface area (Å²) in [4.78, 5) is 39.5. The molecule has 130 valence electrons. The van der Waals surface area contributed by atoms with Crippen molar-refractivity contribution in [3.05, 3.63) is 23.8 Å². The van der Waals surface area contributed by atoms with Crippen LogP contribution in [0.5, 0.6) is 0 Å². The number of benzene rings is 1. The van der Waals surface area contributed by atoms with Crippen molar-refractivity contribution < 1.29 is 14.4 Å². The lowest BCUT2D eigenvalue weighted by molar-refractivity contribution is -0.115. The van der Waals surface area contributed by atoms with Gasteiger partial charge in [-0.25, -0.2) is 0 Å². The second-order valence-electron chi connectivity index (χ2n) is 6.62. The van der Waals surface area contributed by atoms with E-state index in [0.717, 1.165) is 0 Å². The van der Waals surface area contributed by atoms with E-state index >= 15 is 0 Å². The highest BCUT2D eigenvalue weighted by Crippen LogP contribution is 2.31. The highest BCUT2D eigenvalue weighted by molar-refractivity contribution is 6.52. The van der Waals surface area contributed by atoms with E-state index in [-0.39, 0.29) is 5.91 Å². The minimum absolute atomic E-state index is 0.215. The van der Waals surface area contributed by atoms with Crippen LogP contribution < -0.4 is 10.2 Å². The Bertz CT molecular complexity index is 659. The van der Waals surface area contributed by atoms with Crippen LogP contribution in [-0.4, -0.2) is 47.7 Å². The number of hydrogen-bond donors (Lipinski definition) is 1. The van der Waals surface area contributed by atoms with E-state index in [0.29, 0.717) is 42.1 Å². The summed E-state index contributed by atoms with van der Waals surface area (Å²) in [6.45, 7) is 11.0. The summed E-state index contributed by atoms with van der Waals surface area (Å²) in [5.41, 5.74) is 1.49. The standard InChI is InChI=1S/C18H25N3O3/c1-11(2)20(12(3)4)8-9-21-16-7-6-14(19-13(5)22)10-15(16)17(23)18(21)24/h6-7,10-12H,8-9H2,1-5H3,(H,19,22). The summed E-state index contributed by atoms with van der Waals surface area (Å²) in [5.74, 6) is -1.23. The van der Waals surface area contributed by atoms with Crippen molar-refractivity contribution in [1.29, 1.82) is 0 Å². The summed E-state index contributed by atoms with van der Waals surface area (Å²) in [6.07, 6.45) is 0. The van der Waals surface area contributed by atoms with Gasteiger partial charge >= 0.3 is 0 Å². The number of carbonyl (C=O) groups is 3. The number of anilines is 2. The Morgan fingerprint density at radius 2 is 1.79 bits per heavy atom. The Morgan fingerprint density at radius 1 is 1.17 bits per heavy atom. The number of amides is 2. The van der Waals surface area contributed by atoms with Crippen molar-refractivity contribution in [2.24, 2.45) is 0 Å². The number of nitrogens with zero attached hydrogens (tertiary/aromatic N) is 2. The molecular weight excluding hydrogens is 306 g/mol. The molecule has 1 heterocycles. The fourth-order valence-corrected chi connectivity index (χ4v) is 3.13. The topological polar surface area (TPSA) is 69.7 Å². The third-order valence-corrected chi connectivity index (χ3v) is 4.20. The average Bonchev–Trinajstić information content (AvgIpc) is 2.71. The van der Waals surface area contributed by atoms with Crippen molar-refractivity contribution in [3.8, 4) is 0 Å². The molecule has 0 atom stereocenters. The van der Waals surface area contributed by atoms with Gasteiger partial charge in [-0.1, -0.05) is 0 Å². The number of fused-ring (bicyclic) bond motifs is 1. The average molecular weight is 331 g/mol. The first kappa shape index (κ1) is 18.1. The molecule has 1 aromatic rings. The van der Waals surface area contributed by atoms with Gasteiger partial charge in [0.25, 0.3) is 11.7 Å². The number of hydrogen-bond acceptors (Lipinski definition) is 4. The van der Waals surface area contributed by atoms with Crippen LogP contribution in [0.3, 0.4) is 0 Å². The number of nitrogens with one attached hydrogen (secondary N) is 1. The van der Waals surface area contributed by atoms with Crippen molar-refractivity contribution in [3.63, 3.8) is 0 Å². The highest BCUT2D eigenvalue weighted by Gasteiger charge is 2.36. The molecule has 1 aliphatic heterocycles. The Kier molecular flexibility index (Phi) is 5.39. The fourth-order valence-electron chi connectivity index (χ4n) is 3.13. The first-order valence-electron chi connectivity index (χ1n) is 8.26. The molecule has 24 heavy (non-hydrogen) atoms. The number of Topliss-reactive ketones (excluding diaryl/α,β-unsaturated/α-hetero) is 1. The van der Waals surface area contributed by atoms with Crippen LogP contribution >= 0.6 is 0 Å². The predicted molar refractivity (Wildman–Crippen MR) is 94.4 cm³/mol. The quantitative estimate of drug-likeness (QED) is 0.812. The van der Waals surface area contributed by atoms with E-state index in [1.54, 1.807) is 18.2 Å². The lowest BCUT2D eigenvalue weighted by Gasteiger charge is -2.32. The molecule has 0 fully saturated rings. The summed E-state index contributed by atoms with van der Waals surface area (Å²) in [6, 6.07) is 5.72. The second kappa shape index (κ2) is 7.13. The molecule has 0 aliphatic carbocycles.